The normalized spacial score (nSPS) is 12.9. The van der Waals surface area contributed by atoms with Crippen molar-refractivity contribution in [1.82, 2.24) is 0 Å². The van der Waals surface area contributed by atoms with Crippen LogP contribution in [-0.4, -0.2) is 64.0 Å². The smallest absolute Gasteiger partial charge is 0.333 e. The molecule has 0 aromatic carbocycles. The largest absolute Gasteiger partial charge is 0.395 e. The first-order valence-electron chi connectivity index (χ1n) is 21.7. The summed E-state index contributed by atoms with van der Waals surface area (Å²) in [4.78, 5) is 20.2. The van der Waals surface area contributed by atoms with Crippen LogP contribution in [0.5, 0.6) is 0 Å². The molecule has 0 amide bonds. The van der Waals surface area contributed by atoms with Crippen LogP contribution in [0.3, 0.4) is 0 Å². The van der Waals surface area contributed by atoms with E-state index in [1.165, 1.54) is 167 Å². The lowest BCUT2D eigenvalue weighted by Crippen LogP contribution is -2.45. The molecule has 0 aliphatic heterocycles. The van der Waals surface area contributed by atoms with Crippen LogP contribution in [0, 0.1) is 5.41 Å². The van der Waals surface area contributed by atoms with Gasteiger partial charge in [0.05, 0.1) is 38.4 Å². The predicted molar refractivity (Wildman–Crippen MR) is 218 cm³/mol. The molecule has 10 heteroatoms. The zero-order valence-electron chi connectivity index (χ0n) is 33.6. The summed E-state index contributed by atoms with van der Waals surface area (Å²) in [6, 6.07) is 0. The van der Waals surface area contributed by atoms with Gasteiger partial charge in [-0.25, -0.2) is 0 Å². The summed E-state index contributed by atoms with van der Waals surface area (Å²) in [7, 11) is -4.67. The molecule has 0 bridgehead atoms. The van der Waals surface area contributed by atoms with Crippen LogP contribution in [0.1, 0.15) is 219 Å². The number of hydrogen-bond acceptors (Lipinski definition) is 8. The summed E-state index contributed by atoms with van der Waals surface area (Å²) < 4.78 is 17.8. The molecule has 308 valence electrons. The Kier molecular flexibility index (Phi) is 40.6. The second-order valence-electron chi connectivity index (χ2n) is 15.1. The van der Waals surface area contributed by atoms with Crippen LogP contribution in [0.15, 0.2) is 0 Å². The summed E-state index contributed by atoms with van der Waals surface area (Å²) in [5, 5.41) is 29.7. The number of aliphatic hydroxyl groups is 3. The number of unbranched alkanes of at least 4 members (excludes halogenated alkanes) is 30. The van der Waals surface area contributed by atoms with Crippen molar-refractivity contribution in [2.24, 2.45) is 5.41 Å². The number of rotatable bonds is 43. The maximum absolute atomic E-state index is 10.1. The van der Waals surface area contributed by atoms with Gasteiger partial charge in [0.25, 0.3) is 0 Å². The molecule has 1 atom stereocenters. The molecular formula is C41H86O8P2. The third-order valence-electron chi connectivity index (χ3n) is 10.3. The van der Waals surface area contributed by atoms with Gasteiger partial charge in [-0.05, 0) is 12.8 Å². The van der Waals surface area contributed by atoms with Crippen LogP contribution < -0.4 is 0 Å². The van der Waals surface area contributed by atoms with Gasteiger partial charge < -0.3 is 34.2 Å². The Hall–Kier alpha value is 0.540. The second-order valence-corrected chi connectivity index (χ2v) is 17.4. The van der Waals surface area contributed by atoms with Gasteiger partial charge in [-0.1, -0.05) is 206 Å². The van der Waals surface area contributed by atoms with Gasteiger partial charge in [0.15, 0.2) is 8.38 Å². The van der Waals surface area contributed by atoms with E-state index in [1.807, 2.05) is 0 Å². The highest BCUT2D eigenvalue weighted by Crippen LogP contribution is 2.53. The minimum atomic E-state index is -2.73. The van der Waals surface area contributed by atoms with Crippen molar-refractivity contribution >= 4 is 17.0 Å². The molecule has 0 spiro atoms. The van der Waals surface area contributed by atoms with Gasteiger partial charge in [-0.15, -0.1) is 0 Å². The van der Waals surface area contributed by atoms with Gasteiger partial charge in [-0.2, -0.15) is 0 Å². The zero-order chi connectivity index (χ0) is 37.5. The highest BCUT2D eigenvalue weighted by Gasteiger charge is 2.45. The van der Waals surface area contributed by atoms with Crippen LogP contribution in [0.4, 0.5) is 0 Å². The van der Waals surface area contributed by atoms with Crippen molar-refractivity contribution in [3.8, 4) is 0 Å². The highest BCUT2D eigenvalue weighted by molar-refractivity contribution is 7.47. The standard InChI is InChI=1S/C41H86O8P2/c1-3-5-7-9-11-13-15-17-19-21-23-25-27-29-31-33-35-47-51(49-40(50(45)46)41(37-42,38-43)39-44)48-36-34-32-30-28-26-24-22-20-18-16-14-12-10-8-6-4-2/h40,42-46H,3-39H2,1-2H3. The average molecular weight is 769 g/mol. The number of hydrogen-bond donors (Lipinski definition) is 5. The molecule has 1 unspecified atom stereocenters. The van der Waals surface area contributed by atoms with Crippen molar-refractivity contribution in [1.29, 1.82) is 0 Å². The van der Waals surface area contributed by atoms with E-state index in [-0.39, 0.29) is 0 Å². The Labute approximate surface area is 318 Å². The summed E-state index contributed by atoms with van der Waals surface area (Å²) in [5.74, 6) is -1.39. The van der Waals surface area contributed by atoms with Crippen molar-refractivity contribution in [2.75, 3.05) is 33.0 Å². The Balaban J connectivity index is 4.22. The van der Waals surface area contributed by atoms with Crippen LogP contribution >= 0.6 is 17.0 Å². The van der Waals surface area contributed by atoms with Crippen LogP contribution in [-0.2, 0) is 13.6 Å². The van der Waals surface area contributed by atoms with E-state index in [0.717, 1.165) is 38.5 Å². The summed E-state index contributed by atoms with van der Waals surface area (Å²) >= 11 is 0. The van der Waals surface area contributed by atoms with E-state index in [2.05, 4.69) is 13.8 Å². The fourth-order valence-corrected chi connectivity index (χ4v) is 8.98. The van der Waals surface area contributed by atoms with Crippen molar-refractivity contribution < 1.29 is 38.7 Å². The van der Waals surface area contributed by atoms with E-state index >= 15 is 0 Å². The van der Waals surface area contributed by atoms with Gasteiger partial charge in [-0.3, -0.25) is 4.52 Å². The predicted octanol–water partition coefficient (Wildman–Crippen LogP) is 12.4. The van der Waals surface area contributed by atoms with Gasteiger partial charge in [0.2, 0.25) is 0 Å². The molecule has 0 heterocycles. The van der Waals surface area contributed by atoms with E-state index in [1.54, 1.807) is 0 Å². The molecule has 0 fully saturated rings. The molecule has 5 N–H and O–H groups in total. The average Bonchev–Trinajstić information content (AvgIpc) is 3.14. The molecule has 0 aromatic heterocycles. The molecular weight excluding hydrogens is 682 g/mol. The minimum Gasteiger partial charge on any atom is -0.395 e. The maximum Gasteiger partial charge on any atom is 0.333 e. The van der Waals surface area contributed by atoms with Crippen molar-refractivity contribution in [3.05, 3.63) is 0 Å². The molecule has 0 radical (unpaired) electrons. The molecule has 0 aliphatic rings. The molecule has 51 heavy (non-hydrogen) atoms. The topological polar surface area (TPSA) is 129 Å². The zero-order valence-corrected chi connectivity index (χ0v) is 35.4. The number of aliphatic hydroxyl groups excluding tert-OH is 3. The summed E-state index contributed by atoms with van der Waals surface area (Å²) in [5.41, 5.74) is -1.61. The highest BCUT2D eigenvalue weighted by atomic mass is 31.2. The fourth-order valence-electron chi connectivity index (χ4n) is 6.54. The lowest BCUT2D eigenvalue weighted by atomic mass is 9.92. The lowest BCUT2D eigenvalue weighted by molar-refractivity contribution is -0.0521. The van der Waals surface area contributed by atoms with E-state index in [9.17, 15) is 25.1 Å². The third-order valence-corrected chi connectivity index (χ3v) is 12.7. The monoisotopic (exact) mass is 769 g/mol. The Morgan fingerprint density at radius 1 is 0.392 bits per heavy atom. The Morgan fingerprint density at radius 2 is 0.627 bits per heavy atom. The maximum atomic E-state index is 10.1. The second kappa shape index (κ2) is 40.2. The summed E-state index contributed by atoms with van der Waals surface area (Å²) in [6.45, 7) is 3.41. The Bertz CT molecular complexity index is 625. The molecule has 0 aromatic rings. The first kappa shape index (κ1) is 51.5. The SMILES string of the molecule is CCCCCCCCCCCCCCCCCCOP(OCCCCCCCCCCCCCCCCCC)OC(P(O)O)C(CO)(CO)CO. The fraction of sp³-hybridized carbons (Fsp3) is 1.00. The van der Waals surface area contributed by atoms with Gasteiger partial charge >= 0.3 is 8.60 Å². The summed E-state index contributed by atoms with van der Waals surface area (Å²) in [6.07, 6.45) is 41.3. The van der Waals surface area contributed by atoms with Crippen LogP contribution in [0.25, 0.3) is 0 Å². The van der Waals surface area contributed by atoms with E-state index in [0.29, 0.717) is 13.2 Å². The molecule has 8 nitrogen and oxygen atoms in total. The van der Waals surface area contributed by atoms with E-state index < -0.39 is 48.1 Å². The van der Waals surface area contributed by atoms with Crippen molar-refractivity contribution in [3.63, 3.8) is 0 Å². The minimum absolute atomic E-state index is 0.426. The first-order valence-corrected chi connectivity index (χ1v) is 24.1. The molecule has 0 aliphatic carbocycles. The van der Waals surface area contributed by atoms with Gasteiger partial charge in [0, 0.05) is 0 Å². The molecule has 0 rings (SSSR count). The molecule has 0 saturated heterocycles. The van der Waals surface area contributed by atoms with Crippen LogP contribution in [0.2, 0.25) is 0 Å². The lowest BCUT2D eigenvalue weighted by Gasteiger charge is -2.37. The first-order chi connectivity index (χ1) is 25.0. The van der Waals surface area contributed by atoms with E-state index in [4.69, 9.17) is 13.6 Å². The Morgan fingerprint density at radius 3 is 0.843 bits per heavy atom. The van der Waals surface area contributed by atoms with Crippen molar-refractivity contribution in [2.45, 2.75) is 225 Å². The molecule has 0 saturated carbocycles. The third kappa shape index (κ3) is 31.4. The quantitative estimate of drug-likeness (QED) is 0.0306. The van der Waals surface area contributed by atoms with Gasteiger partial charge in [0.1, 0.15) is 5.85 Å².